The van der Waals surface area contributed by atoms with Gasteiger partial charge in [-0.3, -0.25) is 19.3 Å². The first-order valence-corrected chi connectivity index (χ1v) is 12.1. The standard InChI is InChI=1S/C25H40N4O3/c1-4-14-28(15-5-2)24(31)12-9-13-25(32)29-18-16-27(17-19-29)20-23(30)26-22-11-8-7-10-21(22)6-3/h7-8,10-11H,4-6,9,12-20H2,1-3H3,(H,26,30). The summed E-state index contributed by atoms with van der Waals surface area (Å²) in [6.45, 7) is 10.8. The minimum absolute atomic E-state index is 0.0205. The monoisotopic (exact) mass is 444 g/mol. The Kier molecular flexibility index (Phi) is 11.2. The lowest BCUT2D eigenvalue weighted by molar-refractivity contribution is -0.134. The number of aryl methyl sites for hydroxylation is 1. The molecule has 0 aromatic heterocycles. The summed E-state index contributed by atoms with van der Waals surface area (Å²) in [5.74, 6) is 0.242. The van der Waals surface area contributed by atoms with Crippen molar-refractivity contribution in [1.29, 1.82) is 0 Å². The minimum Gasteiger partial charge on any atom is -0.343 e. The molecule has 0 bridgehead atoms. The molecule has 1 fully saturated rings. The predicted octanol–water partition coefficient (Wildman–Crippen LogP) is 3.15. The third kappa shape index (κ3) is 8.26. The molecular formula is C25H40N4O3. The van der Waals surface area contributed by atoms with Gasteiger partial charge in [0.05, 0.1) is 6.54 Å². The first-order valence-electron chi connectivity index (χ1n) is 12.1. The van der Waals surface area contributed by atoms with Gasteiger partial charge in [-0.1, -0.05) is 39.0 Å². The Morgan fingerprint density at radius 1 is 0.938 bits per heavy atom. The molecule has 0 atom stereocenters. The van der Waals surface area contributed by atoms with Gasteiger partial charge in [-0.05, 0) is 37.3 Å². The predicted molar refractivity (Wildman–Crippen MR) is 128 cm³/mol. The van der Waals surface area contributed by atoms with Gasteiger partial charge in [0.1, 0.15) is 0 Å². The summed E-state index contributed by atoms with van der Waals surface area (Å²) < 4.78 is 0. The van der Waals surface area contributed by atoms with Crippen LogP contribution in [0.5, 0.6) is 0 Å². The third-order valence-electron chi connectivity index (χ3n) is 5.89. The number of anilines is 1. The maximum absolute atomic E-state index is 12.5. The van der Waals surface area contributed by atoms with Gasteiger partial charge < -0.3 is 15.1 Å². The molecule has 7 heteroatoms. The summed E-state index contributed by atoms with van der Waals surface area (Å²) in [4.78, 5) is 43.2. The Labute approximate surface area is 193 Å². The van der Waals surface area contributed by atoms with E-state index in [1.165, 1.54) is 0 Å². The number of piperazine rings is 1. The van der Waals surface area contributed by atoms with E-state index >= 15 is 0 Å². The molecule has 0 radical (unpaired) electrons. The fourth-order valence-corrected chi connectivity index (χ4v) is 4.11. The molecular weight excluding hydrogens is 404 g/mol. The fourth-order valence-electron chi connectivity index (χ4n) is 4.11. The van der Waals surface area contributed by atoms with Gasteiger partial charge in [0.25, 0.3) is 0 Å². The molecule has 0 aliphatic carbocycles. The molecule has 3 amide bonds. The third-order valence-corrected chi connectivity index (χ3v) is 5.89. The van der Waals surface area contributed by atoms with Crippen LogP contribution in [0.1, 0.15) is 58.4 Å². The lowest BCUT2D eigenvalue weighted by atomic mass is 10.1. The van der Waals surface area contributed by atoms with Gasteiger partial charge in [0, 0.05) is 57.8 Å². The first kappa shape index (κ1) is 25.8. The van der Waals surface area contributed by atoms with Crippen molar-refractivity contribution in [2.75, 3.05) is 51.1 Å². The number of carbonyl (C=O) groups is 3. The Morgan fingerprint density at radius 3 is 2.22 bits per heavy atom. The van der Waals surface area contributed by atoms with Gasteiger partial charge in [-0.15, -0.1) is 0 Å². The van der Waals surface area contributed by atoms with Crippen LogP contribution >= 0.6 is 0 Å². The number of amides is 3. The van der Waals surface area contributed by atoms with Crippen LogP contribution in [-0.4, -0.2) is 78.2 Å². The molecule has 1 aliphatic heterocycles. The van der Waals surface area contributed by atoms with Crippen LogP contribution in [0.25, 0.3) is 0 Å². The van der Waals surface area contributed by atoms with Crippen molar-refractivity contribution in [2.24, 2.45) is 0 Å². The van der Waals surface area contributed by atoms with E-state index in [2.05, 4.69) is 31.0 Å². The van der Waals surface area contributed by atoms with Crippen LogP contribution in [-0.2, 0) is 20.8 Å². The van der Waals surface area contributed by atoms with Gasteiger partial charge in [0.15, 0.2) is 0 Å². The molecule has 1 aromatic carbocycles. The van der Waals surface area contributed by atoms with Crippen molar-refractivity contribution in [1.82, 2.24) is 14.7 Å². The van der Waals surface area contributed by atoms with Crippen LogP contribution in [0.4, 0.5) is 5.69 Å². The number of hydrogen-bond donors (Lipinski definition) is 1. The smallest absolute Gasteiger partial charge is 0.238 e. The molecule has 0 saturated carbocycles. The second-order valence-electron chi connectivity index (χ2n) is 8.45. The molecule has 0 unspecified atom stereocenters. The topological polar surface area (TPSA) is 73.0 Å². The summed E-state index contributed by atoms with van der Waals surface area (Å²) in [7, 11) is 0. The molecule has 0 spiro atoms. The lowest BCUT2D eigenvalue weighted by Gasteiger charge is -2.34. The maximum atomic E-state index is 12.5. The van der Waals surface area contributed by atoms with E-state index in [9.17, 15) is 14.4 Å². The van der Waals surface area contributed by atoms with Crippen LogP contribution in [0.15, 0.2) is 24.3 Å². The van der Waals surface area contributed by atoms with Crippen LogP contribution in [0.3, 0.4) is 0 Å². The zero-order valence-electron chi connectivity index (χ0n) is 20.1. The quantitative estimate of drug-likeness (QED) is 0.538. The van der Waals surface area contributed by atoms with Crippen LogP contribution in [0, 0.1) is 0 Å². The van der Waals surface area contributed by atoms with Crippen molar-refractivity contribution in [3.05, 3.63) is 29.8 Å². The molecule has 1 aromatic rings. The highest BCUT2D eigenvalue weighted by Gasteiger charge is 2.23. The Morgan fingerprint density at radius 2 is 1.59 bits per heavy atom. The second-order valence-corrected chi connectivity index (χ2v) is 8.45. The molecule has 178 valence electrons. The van der Waals surface area contributed by atoms with Gasteiger partial charge in [0.2, 0.25) is 17.7 Å². The fraction of sp³-hybridized carbons (Fsp3) is 0.640. The SMILES string of the molecule is CCCN(CCC)C(=O)CCCC(=O)N1CCN(CC(=O)Nc2ccccc2CC)CC1. The highest BCUT2D eigenvalue weighted by atomic mass is 16.2. The Bertz CT molecular complexity index is 738. The summed E-state index contributed by atoms with van der Waals surface area (Å²) >= 11 is 0. The van der Waals surface area contributed by atoms with Crippen molar-refractivity contribution < 1.29 is 14.4 Å². The van der Waals surface area contributed by atoms with Gasteiger partial charge >= 0.3 is 0 Å². The van der Waals surface area contributed by atoms with Crippen LogP contribution < -0.4 is 5.32 Å². The molecule has 2 rings (SSSR count). The number of rotatable bonds is 12. The van der Waals surface area contributed by atoms with Crippen molar-refractivity contribution in [3.63, 3.8) is 0 Å². The van der Waals surface area contributed by atoms with Gasteiger partial charge in [-0.2, -0.15) is 0 Å². The number of para-hydroxylation sites is 1. The van der Waals surface area contributed by atoms with E-state index in [4.69, 9.17) is 0 Å². The van der Waals surface area contributed by atoms with Crippen LogP contribution in [0.2, 0.25) is 0 Å². The number of carbonyl (C=O) groups excluding carboxylic acids is 3. The van der Waals surface area contributed by atoms with Crippen molar-refractivity contribution in [3.8, 4) is 0 Å². The zero-order chi connectivity index (χ0) is 23.3. The number of benzene rings is 1. The Balaban J connectivity index is 1.69. The summed E-state index contributed by atoms with van der Waals surface area (Å²) in [5, 5.41) is 3.01. The largest absolute Gasteiger partial charge is 0.343 e. The molecule has 32 heavy (non-hydrogen) atoms. The van der Waals surface area contributed by atoms with Crippen molar-refractivity contribution >= 4 is 23.4 Å². The van der Waals surface area contributed by atoms with E-state index < -0.39 is 0 Å². The summed E-state index contributed by atoms with van der Waals surface area (Å²) in [5.41, 5.74) is 2.00. The minimum atomic E-state index is -0.0205. The lowest BCUT2D eigenvalue weighted by Crippen LogP contribution is -2.50. The van der Waals surface area contributed by atoms with E-state index in [-0.39, 0.29) is 17.7 Å². The molecule has 1 saturated heterocycles. The summed E-state index contributed by atoms with van der Waals surface area (Å²) in [6.07, 6.45) is 4.23. The highest BCUT2D eigenvalue weighted by Crippen LogP contribution is 2.15. The Hall–Kier alpha value is -2.41. The average molecular weight is 445 g/mol. The number of hydrogen-bond acceptors (Lipinski definition) is 4. The number of nitrogens with zero attached hydrogens (tertiary/aromatic N) is 3. The normalized spacial score (nSPS) is 14.3. The maximum Gasteiger partial charge on any atom is 0.238 e. The molecule has 1 aliphatic rings. The van der Waals surface area contributed by atoms with E-state index in [0.717, 1.165) is 43.6 Å². The highest BCUT2D eigenvalue weighted by molar-refractivity contribution is 5.93. The zero-order valence-corrected chi connectivity index (χ0v) is 20.1. The summed E-state index contributed by atoms with van der Waals surface area (Å²) in [6, 6.07) is 7.87. The van der Waals surface area contributed by atoms with E-state index in [1.54, 1.807) is 0 Å². The molecule has 7 nitrogen and oxygen atoms in total. The average Bonchev–Trinajstić information content (AvgIpc) is 2.79. The van der Waals surface area contributed by atoms with E-state index in [0.29, 0.717) is 52.0 Å². The number of nitrogens with one attached hydrogen (secondary N) is 1. The van der Waals surface area contributed by atoms with Gasteiger partial charge in [-0.25, -0.2) is 0 Å². The molecule has 1 heterocycles. The first-order chi connectivity index (χ1) is 15.5. The van der Waals surface area contributed by atoms with E-state index in [1.807, 2.05) is 34.1 Å². The second kappa shape index (κ2) is 13.9. The molecule has 1 N–H and O–H groups in total. The van der Waals surface area contributed by atoms with Crippen molar-refractivity contribution in [2.45, 2.75) is 59.3 Å².